The number of anilines is 1. The predicted molar refractivity (Wildman–Crippen MR) is 101 cm³/mol. The minimum atomic E-state index is -0.101. The number of rotatable bonds is 5. The maximum Gasteiger partial charge on any atom is 0.227 e. The maximum absolute atomic E-state index is 12.6. The molecule has 2 aromatic rings. The molecule has 5 nitrogen and oxygen atoms in total. The topological polar surface area (TPSA) is 58.6 Å². The van der Waals surface area contributed by atoms with Gasteiger partial charge in [0.25, 0.3) is 0 Å². The van der Waals surface area contributed by atoms with E-state index in [1.54, 1.807) is 7.11 Å². The van der Waals surface area contributed by atoms with Crippen molar-refractivity contribution in [2.45, 2.75) is 25.7 Å². The number of hydrogen-bond donors (Lipinski definition) is 1. The molecule has 0 aliphatic carbocycles. The average Bonchev–Trinajstić information content (AvgIpc) is 3.13. The summed E-state index contributed by atoms with van der Waals surface area (Å²) in [6.07, 6.45) is 1.37. The van der Waals surface area contributed by atoms with E-state index in [0.717, 1.165) is 36.5 Å². The van der Waals surface area contributed by atoms with Crippen LogP contribution in [0.5, 0.6) is 5.75 Å². The number of amides is 2. The first kappa shape index (κ1) is 18.0. The van der Waals surface area contributed by atoms with Gasteiger partial charge in [0.05, 0.1) is 13.5 Å². The molecule has 0 bridgehead atoms. The molecule has 2 amide bonds. The van der Waals surface area contributed by atoms with Gasteiger partial charge in [-0.25, -0.2) is 0 Å². The van der Waals surface area contributed by atoms with Crippen LogP contribution in [0.25, 0.3) is 0 Å². The lowest BCUT2D eigenvalue weighted by atomic mass is 9.98. The van der Waals surface area contributed by atoms with Crippen LogP contribution >= 0.6 is 0 Å². The van der Waals surface area contributed by atoms with Crippen LogP contribution in [0.2, 0.25) is 0 Å². The molecule has 3 rings (SSSR count). The van der Waals surface area contributed by atoms with Crippen LogP contribution in [0.1, 0.15) is 30.4 Å². The number of ether oxygens (including phenoxy) is 1. The monoisotopic (exact) mass is 352 g/mol. The largest absolute Gasteiger partial charge is 0.497 e. The lowest BCUT2D eigenvalue weighted by Crippen LogP contribution is -2.29. The molecular weight excluding hydrogens is 328 g/mol. The quantitative estimate of drug-likeness (QED) is 0.899. The molecule has 0 saturated carbocycles. The third-order valence-corrected chi connectivity index (χ3v) is 4.76. The van der Waals surface area contributed by atoms with Crippen LogP contribution < -0.4 is 10.1 Å². The zero-order valence-electron chi connectivity index (χ0n) is 15.2. The highest BCUT2D eigenvalue weighted by Gasteiger charge is 2.27. The molecule has 136 valence electrons. The Morgan fingerprint density at radius 1 is 1.12 bits per heavy atom. The summed E-state index contributed by atoms with van der Waals surface area (Å²) in [4.78, 5) is 25.6. The Morgan fingerprint density at radius 2 is 1.81 bits per heavy atom. The fraction of sp³-hybridized carbons (Fsp3) is 0.333. The molecule has 1 fully saturated rings. The number of hydrogen-bond acceptors (Lipinski definition) is 3. The molecule has 0 aromatic heterocycles. The van der Waals surface area contributed by atoms with Gasteiger partial charge in [-0.05, 0) is 41.8 Å². The number of carbonyl (C=O) groups excluding carboxylic acids is 2. The number of benzene rings is 2. The minimum Gasteiger partial charge on any atom is -0.497 e. The molecule has 0 radical (unpaired) electrons. The minimum absolute atomic E-state index is 0.101. The second-order valence-electron chi connectivity index (χ2n) is 6.65. The Morgan fingerprint density at radius 3 is 2.42 bits per heavy atom. The summed E-state index contributed by atoms with van der Waals surface area (Å²) in [7, 11) is 1.66. The van der Waals surface area contributed by atoms with E-state index >= 15 is 0 Å². The molecule has 5 heteroatoms. The Bertz CT molecular complexity index is 769. The molecule has 0 unspecified atom stereocenters. The summed E-state index contributed by atoms with van der Waals surface area (Å²) < 4.78 is 5.20. The molecule has 0 spiro atoms. The molecule has 1 aliphatic rings. The maximum atomic E-state index is 12.6. The van der Waals surface area contributed by atoms with Crippen molar-refractivity contribution in [1.82, 2.24) is 4.90 Å². The number of nitrogens with zero attached hydrogens (tertiary/aromatic N) is 1. The van der Waals surface area contributed by atoms with Gasteiger partial charge < -0.3 is 15.0 Å². The van der Waals surface area contributed by atoms with Crippen LogP contribution in [0.15, 0.2) is 48.5 Å². The standard InChI is InChI=1S/C21H24N2O3/c1-15(24)22-19-7-3-16(4-8-19)13-21(25)23-12-11-18(14-23)17-5-9-20(26-2)10-6-17/h3-10,18H,11-14H2,1-2H3,(H,22,24)/t18-/m0/s1. The van der Waals surface area contributed by atoms with E-state index < -0.39 is 0 Å². The van der Waals surface area contributed by atoms with E-state index in [2.05, 4.69) is 17.4 Å². The van der Waals surface area contributed by atoms with E-state index in [-0.39, 0.29) is 11.8 Å². The highest BCUT2D eigenvalue weighted by atomic mass is 16.5. The highest BCUT2D eigenvalue weighted by Crippen LogP contribution is 2.28. The molecule has 1 atom stereocenters. The van der Waals surface area contributed by atoms with E-state index in [0.29, 0.717) is 12.3 Å². The van der Waals surface area contributed by atoms with Crippen molar-refractivity contribution in [3.05, 3.63) is 59.7 Å². The van der Waals surface area contributed by atoms with Crippen LogP contribution in [0.4, 0.5) is 5.69 Å². The summed E-state index contributed by atoms with van der Waals surface area (Å²) in [5, 5.41) is 2.73. The third-order valence-electron chi connectivity index (χ3n) is 4.76. The average molecular weight is 352 g/mol. The Labute approximate surface area is 154 Å². The summed E-state index contributed by atoms with van der Waals surface area (Å²) >= 11 is 0. The van der Waals surface area contributed by atoms with Gasteiger partial charge in [-0.2, -0.15) is 0 Å². The number of nitrogens with one attached hydrogen (secondary N) is 1. The first-order valence-electron chi connectivity index (χ1n) is 8.83. The van der Waals surface area contributed by atoms with Gasteiger partial charge in [0.1, 0.15) is 5.75 Å². The Balaban J connectivity index is 1.56. The molecule has 2 aromatic carbocycles. The first-order valence-corrected chi connectivity index (χ1v) is 8.83. The number of carbonyl (C=O) groups is 2. The van der Waals surface area contributed by atoms with Crippen molar-refractivity contribution < 1.29 is 14.3 Å². The smallest absolute Gasteiger partial charge is 0.227 e. The third kappa shape index (κ3) is 4.42. The zero-order valence-corrected chi connectivity index (χ0v) is 15.2. The summed E-state index contributed by atoms with van der Waals surface area (Å²) in [5.41, 5.74) is 2.95. The van der Waals surface area contributed by atoms with Gasteiger partial charge in [0.15, 0.2) is 0 Å². The fourth-order valence-electron chi connectivity index (χ4n) is 3.33. The van der Waals surface area contributed by atoms with Crippen molar-refractivity contribution in [2.24, 2.45) is 0 Å². The van der Waals surface area contributed by atoms with Crippen LogP contribution in [0.3, 0.4) is 0 Å². The molecule has 1 N–H and O–H groups in total. The van der Waals surface area contributed by atoms with Crippen molar-refractivity contribution in [1.29, 1.82) is 0 Å². The normalized spacial score (nSPS) is 16.4. The van der Waals surface area contributed by atoms with Gasteiger partial charge in [-0.3, -0.25) is 9.59 Å². The van der Waals surface area contributed by atoms with Crippen LogP contribution in [-0.2, 0) is 16.0 Å². The zero-order chi connectivity index (χ0) is 18.5. The molecular formula is C21H24N2O3. The van der Waals surface area contributed by atoms with Gasteiger partial charge in [0.2, 0.25) is 11.8 Å². The van der Waals surface area contributed by atoms with E-state index in [9.17, 15) is 9.59 Å². The van der Waals surface area contributed by atoms with Crippen molar-refractivity contribution in [3.63, 3.8) is 0 Å². The van der Waals surface area contributed by atoms with Crippen molar-refractivity contribution in [2.75, 3.05) is 25.5 Å². The van der Waals surface area contributed by atoms with Gasteiger partial charge >= 0.3 is 0 Å². The van der Waals surface area contributed by atoms with Crippen LogP contribution in [-0.4, -0.2) is 36.9 Å². The Kier molecular flexibility index (Phi) is 5.56. The Hall–Kier alpha value is -2.82. The number of likely N-dealkylation sites (tertiary alicyclic amines) is 1. The number of methoxy groups -OCH3 is 1. The van der Waals surface area contributed by atoms with Gasteiger partial charge in [0, 0.05) is 31.6 Å². The predicted octanol–water partition coefficient (Wildman–Crippen LogP) is 3.21. The molecule has 26 heavy (non-hydrogen) atoms. The van der Waals surface area contributed by atoms with E-state index in [4.69, 9.17) is 4.74 Å². The summed E-state index contributed by atoms with van der Waals surface area (Å²) in [6, 6.07) is 15.5. The van der Waals surface area contributed by atoms with E-state index in [1.807, 2.05) is 41.3 Å². The second kappa shape index (κ2) is 8.04. The van der Waals surface area contributed by atoms with Crippen LogP contribution in [0, 0.1) is 0 Å². The SMILES string of the molecule is COc1ccc([C@H]2CCN(C(=O)Cc3ccc(NC(C)=O)cc3)C2)cc1. The van der Waals surface area contributed by atoms with Gasteiger partial charge in [-0.15, -0.1) is 0 Å². The first-order chi connectivity index (χ1) is 12.5. The summed E-state index contributed by atoms with van der Waals surface area (Å²) in [5.74, 6) is 1.28. The van der Waals surface area contributed by atoms with Gasteiger partial charge in [-0.1, -0.05) is 24.3 Å². The molecule has 1 heterocycles. The fourth-order valence-corrected chi connectivity index (χ4v) is 3.33. The second-order valence-corrected chi connectivity index (χ2v) is 6.65. The lowest BCUT2D eigenvalue weighted by Gasteiger charge is -2.17. The lowest BCUT2D eigenvalue weighted by molar-refractivity contribution is -0.129. The summed E-state index contributed by atoms with van der Waals surface area (Å²) in [6.45, 7) is 3.03. The highest BCUT2D eigenvalue weighted by molar-refractivity contribution is 5.88. The van der Waals surface area contributed by atoms with E-state index in [1.165, 1.54) is 12.5 Å². The van der Waals surface area contributed by atoms with Crippen molar-refractivity contribution >= 4 is 17.5 Å². The molecule has 1 aliphatic heterocycles. The van der Waals surface area contributed by atoms with Crippen molar-refractivity contribution in [3.8, 4) is 5.75 Å². The molecule has 1 saturated heterocycles.